The van der Waals surface area contributed by atoms with Crippen molar-refractivity contribution in [3.63, 3.8) is 0 Å². The van der Waals surface area contributed by atoms with Crippen molar-refractivity contribution in [3.8, 4) is 0 Å². The predicted octanol–water partition coefficient (Wildman–Crippen LogP) is -23.5. The van der Waals surface area contributed by atoms with Crippen LogP contribution in [-0.4, -0.2) is 73.4 Å². The number of rotatable bonds is 0. The molecule has 4 atom stereocenters. The summed E-state index contributed by atoms with van der Waals surface area (Å²) in [5.41, 5.74) is 8.59. The zero-order valence-corrected chi connectivity index (χ0v) is 27.0. The minimum absolute atomic E-state index is 0. The van der Waals surface area contributed by atoms with Gasteiger partial charge in [0.05, 0.1) is 24.2 Å². The topological polar surface area (TPSA) is 535 Å². The molecule has 1 fully saturated rings. The fourth-order valence-electron chi connectivity index (χ4n) is 2.67. The maximum absolute atomic E-state index is 8.49. The van der Waals surface area contributed by atoms with E-state index in [-0.39, 0.29) is 28.0 Å². The molecule has 1 rings (SSSR count). The summed E-state index contributed by atoms with van der Waals surface area (Å²) < 4.78 is 136. The normalized spacial score (nSPS) is 25.5. The van der Waals surface area contributed by atoms with Crippen molar-refractivity contribution in [3.05, 3.63) is 0 Å². The number of halogens is 4. The average Bonchev–Trinajstić information content (AvgIpc) is 2.66. The Morgan fingerprint density at radius 1 is 0.395 bits per heavy atom. The minimum Gasteiger partial charge on any atom is -0.412 e. The van der Waals surface area contributed by atoms with E-state index in [1.54, 1.807) is 0 Å². The molecule has 0 unspecified atom stereocenters. The maximum atomic E-state index is 8.49. The first kappa shape index (κ1) is 59.2. The molecule has 29 heteroatoms. The summed E-state index contributed by atoms with van der Waals surface area (Å²) in [4.78, 5) is 0. The van der Waals surface area contributed by atoms with Gasteiger partial charge < -0.3 is 43.7 Å². The largest absolute Gasteiger partial charge is 2.00 e. The van der Waals surface area contributed by atoms with Crippen LogP contribution in [0.3, 0.4) is 0 Å². The third kappa shape index (κ3) is 75.1. The molecular formula is C14H40Cl4CuN6O18. The molecule has 0 bridgehead atoms. The maximum Gasteiger partial charge on any atom is 2.00 e. The van der Waals surface area contributed by atoms with E-state index in [0.717, 1.165) is 26.2 Å². The van der Waals surface area contributed by atoms with E-state index < -0.39 is 41.0 Å². The zero-order valence-electron chi connectivity index (χ0n) is 23.1. The van der Waals surface area contributed by atoms with E-state index in [9.17, 15) is 0 Å². The smallest absolute Gasteiger partial charge is 0.412 e. The van der Waals surface area contributed by atoms with E-state index in [1.807, 2.05) is 0 Å². The van der Waals surface area contributed by atoms with Gasteiger partial charge in [0.25, 0.3) is 0 Å². The minimum atomic E-state index is -4.94. The van der Waals surface area contributed by atoms with Gasteiger partial charge in [0.15, 0.2) is 0 Å². The molecule has 1 aliphatic heterocycles. The van der Waals surface area contributed by atoms with Gasteiger partial charge in [-0.3, -0.25) is 0 Å². The SMILES string of the molecule is C[C@@H]1NCCN[C@H](C)C([NH3+])[C@@H](C)NCCN[C@@H](C)C1[NH3+].O.O.[Cu+2].[O-][Cl+3]([O-])([O-])[O-].[O-][Cl+3]([O-])([O-])[O-].[O-][Cl+3]([O-])([O-])[O-].[O-][Cl+3]([O-])([O-])[O-]. The molecule has 0 aliphatic carbocycles. The molecule has 0 aromatic rings. The summed E-state index contributed by atoms with van der Waals surface area (Å²) in [6.07, 6.45) is 0. The second-order valence-electron chi connectivity index (χ2n) is 7.81. The second kappa shape index (κ2) is 28.9. The van der Waals surface area contributed by atoms with Crippen LogP contribution >= 0.6 is 0 Å². The van der Waals surface area contributed by atoms with Gasteiger partial charge in [0.2, 0.25) is 0 Å². The van der Waals surface area contributed by atoms with Gasteiger partial charge in [-0.15, -0.1) is 41.0 Å². The van der Waals surface area contributed by atoms with Gasteiger partial charge in [0, 0.05) is 26.2 Å². The standard InChI is InChI=1S/C14H34N6.4ClHO4.Cu.2H2O/c1-9-13(15)10(2)18-7-8-20-12(4)14(16)11(3)19-6-5-17-9;4*2-1(3,4)5;;;/h9-14,17-20H,5-8,15-16H2,1-4H3;4*(H,2,3,4,5);;2*1H2/q;;;;;+2;;/p-2/t9-,10-,11+,12+,13?,14?;;;;;;;. The molecule has 0 aromatic carbocycles. The predicted molar refractivity (Wildman–Crippen MR) is 90.4 cm³/mol. The average molecular weight is 786 g/mol. The Kier molecular flexibility index (Phi) is 39.8. The van der Waals surface area contributed by atoms with Crippen LogP contribution in [0.2, 0.25) is 0 Å². The quantitative estimate of drug-likeness (QED) is 0.124. The second-order valence-corrected chi connectivity index (χ2v) is 10.8. The molecule has 43 heavy (non-hydrogen) atoms. The third-order valence-corrected chi connectivity index (χ3v) is 4.68. The molecule has 0 aromatic heterocycles. The van der Waals surface area contributed by atoms with E-state index in [2.05, 4.69) is 60.4 Å². The van der Waals surface area contributed by atoms with Gasteiger partial charge in [-0.1, -0.05) is 0 Å². The summed E-state index contributed by atoms with van der Waals surface area (Å²) in [5, 5.41) is 14.2. The van der Waals surface area contributed by atoms with Crippen molar-refractivity contribution in [2.75, 3.05) is 26.2 Å². The third-order valence-electron chi connectivity index (χ3n) is 4.68. The fraction of sp³-hybridized carbons (Fsp3) is 1.00. The molecule has 273 valence electrons. The number of hydrogen-bond acceptors (Lipinski definition) is 20. The molecule has 1 saturated heterocycles. The Balaban J connectivity index is -0.0000000929. The Morgan fingerprint density at radius 3 is 0.581 bits per heavy atom. The van der Waals surface area contributed by atoms with Gasteiger partial charge in [0.1, 0.15) is 12.1 Å². The first-order valence-electron chi connectivity index (χ1n) is 10.5. The van der Waals surface area contributed by atoms with Crippen LogP contribution in [-0.2, 0) is 17.1 Å². The molecular weight excluding hydrogens is 746 g/mol. The molecule has 0 saturated carbocycles. The molecule has 14 N–H and O–H groups in total. The first-order chi connectivity index (χ1) is 17.4. The molecule has 1 radical (unpaired) electrons. The van der Waals surface area contributed by atoms with Crippen LogP contribution in [0.1, 0.15) is 27.7 Å². The molecule has 1 heterocycles. The number of quaternary nitrogens is 2. The van der Waals surface area contributed by atoms with Crippen LogP contribution in [0.25, 0.3) is 0 Å². The number of hydrogen-bond donors (Lipinski definition) is 6. The van der Waals surface area contributed by atoms with Crippen LogP contribution in [0, 0.1) is 41.0 Å². The Morgan fingerprint density at radius 2 is 0.488 bits per heavy atom. The summed E-state index contributed by atoms with van der Waals surface area (Å²) >= 11 is 0. The van der Waals surface area contributed by atoms with Crippen molar-refractivity contribution in [1.29, 1.82) is 0 Å². The number of nitrogens with one attached hydrogen (secondary N) is 4. The first-order valence-corrected chi connectivity index (χ1v) is 15.4. The van der Waals surface area contributed by atoms with Crippen molar-refractivity contribution >= 4 is 0 Å². The van der Waals surface area contributed by atoms with E-state index >= 15 is 0 Å². The van der Waals surface area contributed by atoms with Gasteiger partial charge in [-0.25, -0.2) is 74.5 Å². The fourth-order valence-corrected chi connectivity index (χ4v) is 2.67. The summed E-state index contributed by atoms with van der Waals surface area (Å²) in [6.45, 7) is 12.8. The van der Waals surface area contributed by atoms with Crippen molar-refractivity contribution in [1.82, 2.24) is 21.3 Å². The van der Waals surface area contributed by atoms with E-state index in [4.69, 9.17) is 74.5 Å². The molecule has 1 aliphatic rings. The van der Waals surface area contributed by atoms with E-state index in [0.29, 0.717) is 36.3 Å². The van der Waals surface area contributed by atoms with E-state index in [1.165, 1.54) is 0 Å². The Labute approximate surface area is 265 Å². The molecule has 0 spiro atoms. The van der Waals surface area contributed by atoms with Crippen LogP contribution in [0.15, 0.2) is 0 Å². The van der Waals surface area contributed by atoms with Crippen LogP contribution in [0.4, 0.5) is 0 Å². The Hall–Kier alpha value is 0.719. The summed E-state index contributed by atoms with van der Waals surface area (Å²) in [5.74, 6) is 0. The zero-order chi connectivity index (χ0) is 33.1. The van der Waals surface area contributed by atoms with Crippen LogP contribution in [0.5, 0.6) is 0 Å². The summed E-state index contributed by atoms with van der Waals surface area (Å²) in [6, 6.07) is 2.40. The van der Waals surface area contributed by atoms with Crippen molar-refractivity contribution in [2.45, 2.75) is 63.9 Å². The van der Waals surface area contributed by atoms with Crippen molar-refractivity contribution in [2.24, 2.45) is 0 Å². The van der Waals surface area contributed by atoms with Gasteiger partial charge in [-0.2, -0.15) is 0 Å². The molecule has 24 nitrogen and oxygen atoms in total. The monoisotopic (exact) mass is 783 g/mol. The van der Waals surface area contributed by atoms with Gasteiger partial charge >= 0.3 is 17.1 Å². The molecule has 0 amide bonds. The van der Waals surface area contributed by atoms with Crippen LogP contribution < -0.4 is 107 Å². The Bertz CT molecular complexity index is 486. The van der Waals surface area contributed by atoms with Crippen molar-refractivity contribution < 1.29 is 155 Å². The van der Waals surface area contributed by atoms with Gasteiger partial charge in [-0.05, 0) is 27.7 Å². The summed E-state index contributed by atoms with van der Waals surface area (Å²) in [7, 11) is -19.8.